The molecule has 0 aromatic heterocycles. The van der Waals surface area contributed by atoms with Gasteiger partial charge in [-0.2, -0.15) is 0 Å². The van der Waals surface area contributed by atoms with Crippen molar-refractivity contribution in [2.45, 2.75) is 13.0 Å². The minimum Gasteiger partial charge on any atom is -0.454 e. The third-order valence-corrected chi connectivity index (χ3v) is 2.45. The van der Waals surface area contributed by atoms with E-state index in [4.69, 9.17) is 9.47 Å². The van der Waals surface area contributed by atoms with Crippen molar-refractivity contribution in [3.05, 3.63) is 33.4 Å². The van der Waals surface area contributed by atoms with Gasteiger partial charge in [0, 0.05) is 16.1 Å². The zero-order valence-electron chi connectivity index (χ0n) is 8.43. The Hall–Kier alpha value is -2.11. The molecule has 0 bridgehead atoms. The predicted octanol–water partition coefficient (Wildman–Crippen LogP) is 1.15. The second kappa shape index (κ2) is 3.80. The molecule has 2 rings (SSSR count). The van der Waals surface area contributed by atoms with E-state index in [1.54, 1.807) is 13.0 Å². The lowest BCUT2D eigenvalue weighted by Gasteiger charge is -2.08. The summed E-state index contributed by atoms with van der Waals surface area (Å²) in [6.07, 6.45) is 1.40. The lowest BCUT2D eigenvalue weighted by molar-refractivity contribution is -0.508. The van der Waals surface area contributed by atoms with Crippen molar-refractivity contribution < 1.29 is 19.2 Å². The number of nitrogens with zero attached hydrogens (tertiary/aromatic N) is 1. The van der Waals surface area contributed by atoms with Crippen molar-refractivity contribution in [1.82, 2.24) is 0 Å². The van der Waals surface area contributed by atoms with Crippen LogP contribution in [0.5, 0.6) is 11.5 Å². The van der Waals surface area contributed by atoms with Gasteiger partial charge in [-0.3, -0.25) is 14.9 Å². The molecule has 0 spiro atoms. The van der Waals surface area contributed by atoms with E-state index in [1.165, 1.54) is 12.4 Å². The van der Waals surface area contributed by atoms with Crippen molar-refractivity contribution in [2.75, 3.05) is 6.79 Å². The van der Waals surface area contributed by atoms with Crippen LogP contribution in [0.1, 0.15) is 17.2 Å². The van der Waals surface area contributed by atoms with Gasteiger partial charge in [0.1, 0.15) is 0 Å². The SMILES string of the molecule is Cc1c(C([C]=O)[N+](=O)[O-])ccc2c1OCO2. The number of carbonyl (C=O) groups excluding carboxylic acids is 1. The number of nitro groups is 1. The fraction of sp³-hybridized carbons (Fsp3) is 0.300. The average Bonchev–Trinajstić information content (AvgIpc) is 2.70. The van der Waals surface area contributed by atoms with Crippen molar-refractivity contribution in [1.29, 1.82) is 0 Å². The van der Waals surface area contributed by atoms with E-state index in [1.807, 2.05) is 0 Å². The molecular weight excluding hydrogens is 214 g/mol. The van der Waals surface area contributed by atoms with Crippen LogP contribution in [0.25, 0.3) is 0 Å². The summed E-state index contributed by atoms with van der Waals surface area (Å²) in [4.78, 5) is 20.5. The van der Waals surface area contributed by atoms with Crippen molar-refractivity contribution in [3.63, 3.8) is 0 Å². The molecule has 1 radical (unpaired) electrons. The number of ether oxygens (including phenoxy) is 2. The van der Waals surface area contributed by atoms with Gasteiger partial charge in [0.15, 0.2) is 11.5 Å². The Morgan fingerprint density at radius 1 is 1.50 bits per heavy atom. The molecular formula is C10H8NO5. The smallest absolute Gasteiger partial charge is 0.303 e. The van der Waals surface area contributed by atoms with E-state index in [2.05, 4.69) is 0 Å². The molecule has 0 aliphatic carbocycles. The molecule has 0 saturated carbocycles. The Morgan fingerprint density at radius 3 is 2.88 bits per heavy atom. The third-order valence-electron chi connectivity index (χ3n) is 2.45. The quantitative estimate of drug-likeness (QED) is 0.566. The van der Waals surface area contributed by atoms with Gasteiger partial charge in [-0.25, -0.2) is 0 Å². The maximum atomic E-state index is 10.7. The van der Waals surface area contributed by atoms with E-state index in [-0.39, 0.29) is 12.4 Å². The first-order chi connectivity index (χ1) is 7.65. The molecule has 1 aliphatic rings. The second-order valence-corrected chi connectivity index (χ2v) is 3.32. The third kappa shape index (κ3) is 1.48. The summed E-state index contributed by atoms with van der Waals surface area (Å²) in [5.74, 6) is 0.994. The molecule has 1 aromatic rings. The molecule has 1 unspecified atom stereocenters. The number of hydrogen-bond donors (Lipinski definition) is 0. The van der Waals surface area contributed by atoms with Crippen LogP contribution in [-0.2, 0) is 4.79 Å². The summed E-state index contributed by atoms with van der Waals surface area (Å²) in [6.45, 7) is 1.74. The molecule has 6 nitrogen and oxygen atoms in total. The van der Waals surface area contributed by atoms with E-state index in [0.717, 1.165) is 0 Å². The van der Waals surface area contributed by atoms with Gasteiger partial charge in [0.05, 0.1) is 0 Å². The highest BCUT2D eigenvalue weighted by molar-refractivity contribution is 5.64. The lowest BCUT2D eigenvalue weighted by atomic mass is 10.0. The molecule has 0 amide bonds. The van der Waals surface area contributed by atoms with Crippen LogP contribution >= 0.6 is 0 Å². The first-order valence-electron chi connectivity index (χ1n) is 4.55. The van der Waals surface area contributed by atoms with Crippen molar-refractivity contribution in [2.24, 2.45) is 0 Å². The zero-order chi connectivity index (χ0) is 11.7. The minimum atomic E-state index is -1.48. The lowest BCUT2D eigenvalue weighted by Crippen LogP contribution is -2.13. The molecule has 83 valence electrons. The highest BCUT2D eigenvalue weighted by Gasteiger charge is 2.29. The predicted molar refractivity (Wildman–Crippen MR) is 52.7 cm³/mol. The second-order valence-electron chi connectivity index (χ2n) is 3.32. The molecule has 1 atom stereocenters. The summed E-state index contributed by atoms with van der Waals surface area (Å²) in [5, 5.41) is 10.7. The maximum Gasteiger partial charge on any atom is 0.303 e. The van der Waals surface area contributed by atoms with Crippen LogP contribution in [0.15, 0.2) is 12.1 Å². The van der Waals surface area contributed by atoms with Crippen LogP contribution in [0.4, 0.5) is 0 Å². The highest BCUT2D eigenvalue weighted by Crippen LogP contribution is 2.38. The maximum absolute atomic E-state index is 10.7. The number of benzene rings is 1. The monoisotopic (exact) mass is 222 g/mol. The molecule has 1 aromatic carbocycles. The summed E-state index contributed by atoms with van der Waals surface area (Å²) < 4.78 is 10.3. The van der Waals surface area contributed by atoms with Gasteiger partial charge in [0.2, 0.25) is 6.79 Å². The normalized spacial score (nSPS) is 14.6. The summed E-state index contributed by atoms with van der Waals surface area (Å²) in [6, 6.07) is 1.56. The van der Waals surface area contributed by atoms with E-state index in [9.17, 15) is 14.9 Å². The fourth-order valence-electron chi connectivity index (χ4n) is 1.64. The van der Waals surface area contributed by atoms with Gasteiger partial charge >= 0.3 is 6.04 Å². The first-order valence-corrected chi connectivity index (χ1v) is 4.55. The number of fused-ring (bicyclic) bond motifs is 1. The molecule has 0 fully saturated rings. The Bertz CT molecular complexity index is 457. The minimum absolute atomic E-state index is 0.0908. The van der Waals surface area contributed by atoms with Crippen LogP contribution in [-0.4, -0.2) is 18.0 Å². The van der Waals surface area contributed by atoms with Crippen molar-refractivity contribution in [3.8, 4) is 11.5 Å². The van der Waals surface area contributed by atoms with Crippen LogP contribution in [0.2, 0.25) is 0 Å². The Labute approximate surface area is 90.9 Å². The van der Waals surface area contributed by atoms with E-state index in [0.29, 0.717) is 17.1 Å². The average molecular weight is 222 g/mol. The Morgan fingerprint density at radius 2 is 2.25 bits per heavy atom. The molecule has 0 N–H and O–H groups in total. The van der Waals surface area contributed by atoms with Gasteiger partial charge in [0.25, 0.3) is 6.29 Å². The topological polar surface area (TPSA) is 78.7 Å². The van der Waals surface area contributed by atoms with Crippen LogP contribution in [0, 0.1) is 17.0 Å². The van der Waals surface area contributed by atoms with Crippen LogP contribution in [0.3, 0.4) is 0 Å². The van der Waals surface area contributed by atoms with Gasteiger partial charge in [-0.05, 0) is 19.1 Å². The van der Waals surface area contributed by atoms with E-state index >= 15 is 0 Å². The summed E-state index contributed by atoms with van der Waals surface area (Å²) in [7, 11) is 0. The summed E-state index contributed by atoms with van der Waals surface area (Å²) in [5.41, 5.74) is 0.823. The molecule has 0 saturated heterocycles. The van der Waals surface area contributed by atoms with Gasteiger partial charge < -0.3 is 9.47 Å². The fourth-order valence-corrected chi connectivity index (χ4v) is 1.64. The van der Waals surface area contributed by atoms with Gasteiger partial charge in [-0.15, -0.1) is 0 Å². The summed E-state index contributed by atoms with van der Waals surface area (Å²) >= 11 is 0. The van der Waals surface area contributed by atoms with Crippen molar-refractivity contribution >= 4 is 6.29 Å². The molecule has 16 heavy (non-hydrogen) atoms. The standard InChI is InChI=1S/C10H8NO5/c1-6-7(8(4-12)11(13)14)2-3-9-10(6)16-5-15-9/h2-3,8H,5H2,1H3. The molecule has 1 aliphatic heterocycles. The van der Waals surface area contributed by atoms with Gasteiger partial charge in [-0.1, -0.05) is 0 Å². The Balaban J connectivity index is 2.50. The zero-order valence-corrected chi connectivity index (χ0v) is 8.43. The highest BCUT2D eigenvalue weighted by atomic mass is 16.7. The Kier molecular flexibility index (Phi) is 2.47. The number of rotatable bonds is 3. The van der Waals surface area contributed by atoms with Crippen LogP contribution < -0.4 is 9.47 Å². The largest absolute Gasteiger partial charge is 0.454 e. The van der Waals surface area contributed by atoms with E-state index < -0.39 is 11.0 Å². The molecule has 1 heterocycles. The first kappa shape index (κ1) is 10.4. The number of hydrogen-bond acceptors (Lipinski definition) is 5. The molecule has 6 heteroatoms.